The van der Waals surface area contributed by atoms with E-state index < -0.39 is 0 Å². The molecule has 0 aromatic rings. The Morgan fingerprint density at radius 2 is 0.529 bits per heavy atom. The smallest absolute Gasteiger partial charge is 0 e. The van der Waals surface area contributed by atoms with Crippen molar-refractivity contribution in [3.63, 3.8) is 0 Å². The molecule has 0 bridgehead atoms. The second-order valence-electron chi connectivity index (χ2n) is 4.89. The van der Waals surface area contributed by atoms with Crippen LogP contribution in [0.2, 0.25) is 0 Å². The molecular formula is C15H32Na2. The second kappa shape index (κ2) is 23.1. The zero-order valence-corrected chi connectivity index (χ0v) is 17.2. The van der Waals surface area contributed by atoms with Gasteiger partial charge in [-0.05, 0) is 0 Å². The van der Waals surface area contributed by atoms with Gasteiger partial charge in [-0.15, -0.1) is 0 Å². The van der Waals surface area contributed by atoms with Gasteiger partial charge in [0.15, 0.2) is 0 Å². The number of hydrogen-bond donors (Lipinski definition) is 0. The standard InChI is InChI=1S/C15H32.2Na/c1-3-5-7-9-11-13-15-14-12-10-8-6-4-2;;/h3-15H2,1-2H3;;. The maximum absolute atomic E-state index is 2.29. The molecule has 2 radical (unpaired) electrons. The van der Waals surface area contributed by atoms with Crippen LogP contribution in [-0.2, 0) is 0 Å². The number of hydrogen-bond acceptors (Lipinski definition) is 0. The summed E-state index contributed by atoms with van der Waals surface area (Å²) >= 11 is 0. The van der Waals surface area contributed by atoms with E-state index in [-0.39, 0.29) is 59.1 Å². The molecule has 2 heteroatoms. The topological polar surface area (TPSA) is 0 Å². The van der Waals surface area contributed by atoms with Gasteiger partial charge in [0, 0.05) is 59.1 Å². The van der Waals surface area contributed by atoms with Gasteiger partial charge >= 0.3 is 0 Å². The first-order chi connectivity index (χ1) is 7.41. The van der Waals surface area contributed by atoms with E-state index in [0.717, 1.165) is 0 Å². The fourth-order valence-electron chi connectivity index (χ4n) is 2.09. The van der Waals surface area contributed by atoms with Crippen molar-refractivity contribution >= 4 is 59.1 Å². The predicted molar refractivity (Wildman–Crippen MR) is 82.9 cm³/mol. The van der Waals surface area contributed by atoms with E-state index in [2.05, 4.69) is 13.8 Å². The third kappa shape index (κ3) is 23.5. The molecule has 0 spiro atoms. The average Bonchev–Trinajstić information content (AvgIpc) is 2.26. The second-order valence-corrected chi connectivity index (χ2v) is 4.89. The minimum absolute atomic E-state index is 0. The fourth-order valence-corrected chi connectivity index (χ4v) is 2.09. The van der Waals surface area contributed by atoms with Crippen molar-refractivity contribution in [3.05, 3.63) is 0 Å². The van der Waals surface area contributed by atoms with Crippen molar-refractivity contribution in [2.75, 3.05) is 0 Å². The normalized spacial score (nSPS) is 9.53. The Bertz CT molecular complexity index is 93.1. The Balaban J connectivity index is -0.000000980. The summed E-state index contributed by atoms with van der Waals surface area (Å²) in [6, 6.07) is 0. The molecule has 0 nitrogen and oxygen atoms in total. The molecule has 94 valence electrons. The Kier molecular flexibility index (Phi) is 32.7. The van der Waals surface area contributed by atoms with Crippen LogP contribution in [0, 0.1) is 0 Å². The molecule has 0 heterocycles. The first-order valence-corrected chi connectivity index (χ1v) is 7.41. The molecule has 0 aliphatic carbocycles. The summed E-state index contributed by atoms with van der Waals surface area (Å²) in [7, 11) is 0. The van der Waals surface area contributed by atoms with Crippen LogP contribution < -0.4 is 0 Å². The van der Waals surface area contributed by atoms with E-state index in [1.165, 1.54) is 83.5 Å². The number of rotatable bonds is 12. The number of unbranched alkanes of at least 4 members (excludes halogenated alkanes) is 12. The average molecular weight is 258 g/mol. The van der Waals surface area contributed by atoms with E-state index >= 15 is 0 Å². The van der Waals surface area contributed by atoms with Gasteiger partial charge in [0.05, 0.1) is 0 Å². The Morgan fingerprint density at radius 1 is 0.353 bits per heavy atom. The quantitative estimate of drug-likeness (QED) is 0.327. The molecule has 17 heavy (non-hydrogen) atoms. The molecule has 0 atom stereocenters. The summed E-state index contributed by atoms with van der Waals surface area (Å²) in [6.45, 7) is 4.58. The summed E-state index contributed by atoms with van der Waals surface area (Å²) in [5.74, 6) is 0. The minimum atomic E-state index is 0. The molecule has 0 aromatic carbocycles. The fraction of sp³-hybridized carbons (Fsp3) is 1.00. The van der Waals surface area contributed by atoms with Crippen LogP contribution in [0.4, 0.5) is 0 Å². The van der Waals surface area contributed by atoms with E-state index in [9.17, 15) is 0 Å². The van der Waals surface area contributed by atoms with Gasteiger partial charge in [-0.1, -0.05) is 97.3 Å². The van der Waals surface area contributed by atoms with Crippen LogP contribution in [0.15, 0.2) is 0 Å². The summed E-state index contributed by atoms with van der Waals surface area (Å²) in [6.07, 6.45) is 18.9. The van der Waals surface area contributed by atoms with E-state index in [0.29, 0.717) is 0 Å². The van der Waals surface area contributed by atoms with Crippen LogP contribution in [0.1, 0.15) is 97.3 Å². The molecule has 0 saturated heterocycles. The van der Waals surface area contributed by atoms with E-state index in [1.807, 2.05) is 0 Å². The first-order valence-electron chi connectivity index (χ1n) is 7.41. The summed E-state index contributed by atoms with van der Waals surface area (Å²) in [5.41, 5.74) is 0. The molecule has 0 unspecified atom stereocenters. The molecule has 0 aromatic heterocycles. The van der Waals surface area contributed by atoms with E-state index in [4.69, 9.17) is 0 Å². The molecule has 0 rings (SSSR count). The molecular weight excluding hydrogens is 226 g/mol. The van der Waals surface area contributed by atoms with Crippen molar-refractivity contribution < 1.29 is 0 Å². The van der Waals surface area contributed by atoms with Gasteiger partial charge in [0.1, 0.15) is 0 Å². The van der Waals surface area contributed by atoms with Crippen molar-refractivity contribution in [2.45, 2.75) is 97.3 Å². The summed E-state index contributed by atoms with van der Waals surface area (Å²) < 4.78 is 0. The van der Waals surface area contributed by atoms with Gasteiger partial charge < -0.3 is 0 Å². The van der Waals surface area contributed by atoms with Crippen LogP contribution >= 0.6 is 0 Å². The first kappa shape index (κ1) is 24.0. The summed E-state index contributed by atoms with van der Waals surface area (Å²) in [4.78, 5) is 0. The third-order valence-electron chi connectivity index (χ3n) is 3.21. The SMILES string of the molecule is CCCCCCCCCCCCCCC.[Na].[Na]. The molecule has 0 amide bonds. The Hall–Kier alpha value is 2.00. The molecule has 0 saturated carbocycles. The Morgan fingerprint density at radius 3 is 0.706 bits per heavy atom. The van der Waals surface area contributed by atoms with Crippen LogP contribution in [0.5, 0.6) is 0 Å². The maximum Gasteiger partial charge on any atom is 0 e. The van der Waals surface area contributed by atoms with Gasteiger partial charge in [-0.25, -0.2) is 0 Å². The zero-order valence-electron chi connectivity index (χ0n) is 13.2. The third-order valence-corrected chi connectivity index (χ3v) is 3.21. The maximum atomic E-state index is 2.29. The molecule has 0 N–H and O–H groups in total. The predicted octanol–water partition coefficient (Wildman–Crippen LogP) is 5.34. The molecule has 0 aliphatic rings. The van der Waals surface area contributed by atoms with Crippen molar-refractivity contribution in [3.8, 4) is 0 Å². The monoisotopic (exact) mass is 258 g/mol. The van der Waals surface area contributed by atoms with Crippen LogP contribution in [0.3, 0.4) is 0 Å². The van der Waals surface area contributed by atoms with Crippen molar-refractivity contribution in [2.24, 2.45) is 0 Å². The van der Waals surface area contributed by atoms with Gasteiger partial charge in [-0.2, -0.15) is 0 Å². The van der Waals surface area contributed by atoms with Crippen molar-refractivity contribution in [1.82, 2.24) is 0 Å². The van der Waals surface area contributed by atoms with Crippen LogP contribution in [0.25, 0.3) is 0 Å². The van der Waals surface area contributed by atoms with Crippen molar-refractivity contribution in [1.29, 1.82) is 0 Å². The summed E-state index contributed by atoms with van der Waals surface area (Å²) in [5, 5.41) is 0. The minimum Gasteiger partial charge on any atom is -0.0654 e. The van der Waals surface area contributed by atoms with Gasteiger partial charge in [-0.3, -0.25) is 0 Å². The largest absolute Gasteiger partial charge is 0.0654 e. The van der Waals surface area contributed by atoms with Gasteiger partial charge in [0.2, 0.25) is 0 Å². The molecule has 0 aliphatic heterocycles. The Labute approximate surface area is 155 Å². The van der Waals surface area contributed by atoms with Crippen LogP contribution in [-0.4, -0.2) is 59.1 Å². The van der Waals surface area contributed by atoms with E-state index in [1.54, 1.807) is 0 Å². The molecule has 0 fully saturated rings. The van der Waals surface area contributed by atoms with Gasteiger partial charge in [0.25, 0.3) is 0 Å². The zero-order chi connectivity index (χ0) is 11.2.